The quantitative estimate of drug-likeness (QED) is 0.667. The highest BCUT2D eigenvalue weighted by molar-refractivity contribution is 5.86. The molecule has 0 aliphatic heterocycles. The van der Waals surface area contributed by atoms with Gasteiger partial charge in [0.1, 0.15) is 0 Å². The summed E-state index contributed by atoms with van der Waals surface area (Å²) in [6.07, 6.45) is 2.12. The smallest absolute Gasteiger partial charge is 0.338 e. The van der Waals surface area contributed by atoms with Gasteiger partial charge in [0.15, 0.2) is 0 Å². The Labute approximate surface area is 69.2 Å². The van der Waals surface area contributed by atoms with Gasteiger partial charge < -0.3 is 10.2 Å². The van der Waals surface area contributed by atoms with Gasteiger partial charge in [-0.1, -0.05) is 0 Å². The molecule has 0 spiro atoms. The van der Waals surface area contributed by atoms with Crippen molar-refractivity contribution in [1.29, 1.82) is 0 Å². The molecule has 2 N–H and O–H groups in total. The van der Waals surface area contributed by atoms with Crippen molar-refractivity contribution in [2.75, 3.05) is 0 Å². The fraction of sp³-hybridized carbons (Fsp3) is 0.429. The Morgan fingerprint density at radius 1 is 1.83 bits per heavy atom. The standard InChI is InChI=1S/C7H10N2O3/c1-5(10)3-9-4-6(2-8-9)7(11)12/h2,4-5,10H,3H2,1H3,(H,11,12). The predicted molar refractivity (Wildman–Crippen MR) is 40.9 cm³/mol. The van der Waals surface area contributed by atoms with E-state index in [2.05, 4.69) is 5.10 Å². The van der Waals surface area contributed by atoms with Gasteiger partial charge in [-0.25, -0.2) is 4.79 Å². The average molecular weight is 170 g/mol. The van der Waals surface area contributed by atoms with Crippen LogP contribution in [-0.4, -0.2) is 32.1 Å². The Bertz CT molecular complexity index is 280. The first-order valence-corrected chi connectivity index (χ1v) is 3.53. The topological polar surface area (TPSA) is 75.4 Å². The Balaban J connectivity index is 2.71. The number of hydrogen-bond acceptors (Lipinski definition) is 3. The highest BCUT2D eigenvalue weighted by Gasteiger charge is 2.06. The van der Waals surface area contributed by atoms with Crippen LogP contribution in [0.15, 0.2) is 12.4 Å². The van der Waals surface area contributed by atoms with Crippen molar-refractivity contribution in [3.63, 3.8) is 0 Å². The second-order valence-electron chi connectivity index (χ2n) is 2.61. The zero-order valence-electron chi connectivity index (χ0n) is 6.64. The van der Waals surface area contributed by atoms with Crippen LogP contribution in [0.25, 0.3) is 0 Å². The van der Waals surface area contributed by atoms with Crippen LogP contribution in [0.1, 0.15) is 17.3 Å². The van der Waals surface area contributed by atoms with Crippen molar-refractivity contribution in [2.24, 2.45) is 0 Å². The molecule has 1 atom stereocenters. The molecule has 12 heavy (non-hydrogen) atoms. The van der Waals surface area contributed by atoms with Crippen LogP contribution in [0.3, 0.4) is 0 Å². The Morgan fingerprint density at radius 3 is 2.92 bits per heavy atom. The van der Waals surface area contributed by atoms with Crippen LogP contribution < -0.4 is 0 Å². The molecule has 0 bridgehead atoms. The molecule has 5 heteroatoms. The van der Waals surface area contributed by atoms with Crippen molar-refractivity contribution in [2.45, 2.75) is 19.6 Å². The molecule has 0 saturated heterocycles. The van der Waals surface area contributed by atoms with Crippen LogP contribution in [0.4, 0.5) is 0 Å². The maximum atomic E-state index is 10.4. The summed E-state index contributed by atoms with van der Waals surface area (Å²) >= 11 is 0. The third kappa shape index (κ3) is 2.06. The number of aromatic nitrogens is 2. The lowest BCUT2D eigenvalue weighted by Crippen LogP contribution is -2.11. The molecule has 1 unspecified atom stereocenters. The summed E-state index contributed by atoms with van der Waals surface area (Å²) in [5.74, 6) is -1.01. The first-order chi connectivity index (χ1) is 5.59. The minimum atomic E-state index is -1.01. The van der Waals surface area contributed by atoms with Crippen molar-refractivity contribution in [3.05, 3.63) is 18.0 Å². The van der Waals surface area contributed by atoms with Gasteiger partial charge >= 0.3 is 5.97 Å². The Hall–Kier alpha value is -1.36. The summed E-state index contributed by atoms with van der Waals surface area (Å²) in [4.78, 5) is 10.4. The lowest BCUT2D eigenvalue weighted by Gasteiger charge is -2.02. The zero-order chi connectivity index (χ0) is 9.14. The number of carboxylic acid groups (broad SMARTS) is 1. The summed E-state index contributed by atoms with van der Waals surface area (Å²) in [5.41, 5.74) is 0.135. The summed E-state index contributed by atoms with van der Waals surface area (Å²) in [5, 5.41) is 21.2. The Kier molecular flexibility index (Phi) is 2.44. The highest BCUT2D eigenvalue weighted by Crippen LogP contribution is 1.98. The molecule has 5 nitrogen and oxygen atoms in total. The van der Waals surface area contributed by atoms with Crippen molar-refractivity contribution in [3.8, 4) is 0 Å². The minimum Gasteiger partial charge on any atom is -0.478 e. The van der Waals surface area contributed by atoms with E-state index in [1.165, 1.54) is 17.1 Å². The van der Waals surface area contributed by atoms with Crippen LogP contribution in [0.5, 0.6) is 0 Å². The summed E-state index contributed by atoms with van der Waals surface area (Å²) < 4.78 is 1.40. The van der Waals surface area contributed by atoms with Crippen molar-refractivity contribution >= 4 is 5.97 Å². The molecule has 1 aromatic rings. The maximum Gasteiger partial charge on any atom is 0.338 e. The molecular weight excluding hydrogens is 160 g/mol. The van der Waals surface area contributed by atoms with Gasteiger partial charge in [-0.2, -0.15) is 5.10 Å². The zero-order valence-corrected chi connectivity index (χ0v) is 6.64. The number of aliphatic hydroxyl groups excluding tert-OH is 1. The lowest BCUT2D eigenvalue weighted by molar-refractivity contribution is 0.0696. The second-order valence-corrected chi connectivity index (χ2v) is 2.61. The number of carbonyl (C=O) groups is 1. The number of aromatic carboxylic acids is 1. The molecule has 0 aliphatic rings. The number of carboxylic acids is 1. The monoisotopic (exact) mass is 170 g/mol. The van der Waals surface area contributed by atoms with Gasteiger partial charge in [0.25, 0.3) is 0 Å². The predicted octanol–water partition coefficient (Wildman–Crippen LogP) is -0.0379. The third-order valence-corrected chi connectivity index (χ3v) is 1.33. The average Bonchev–Trinajstić information content (AvgIpc) is 2.34. The Morgan fingerprint density at radius 2 is 2.50 bits per heavy atom. The first-order valence-electron chi connectivity index (χ1n) is 3.53. The van der Waals surface area contributed by atoms with Crippen LogP contribution in [0, 0.1) is 0 Å². The number of nitrogens with zero attached hydrogens (tertiary/aromatic N) is 2. The molecule has 0 radical (unpaired) electrons. The van der Waals surface area contributed by atoms with E-state index in [0.717, 1.165) is 0 Å². The summed E-state index contributed by atoms with van der Waals surface area (Å²) in [6.45, 7) is 1.93. The molecule has 0 aromatic carbocycles. The number of hydrogen-bond donors (Lipinski definition) is 2. The highest BCUT2D eigenvalue weighted by atomic mass is 16.4. The molecule has 66 valence electrons. The van der Waals surface area contributed by atoms with Crippen molar-refractivity contribution in [1.82, 2.24) is 9.78 Å². The van der Waals surface area contributed by atoms with E-state index in [1.54, 1.807) is 6.92 Å². The van der Waals surface area contributed by atoms with Gasteiger partial charge in [-0.15, -0.1) is 0 Å². The molecule has 0 amide bonds. The molecular formula is C7H10N2O3. The van der Waals surface area contributed by atoms with E-state index in [0.29, 0.717) is 6.54 Å². The van der Waals surface area contributed by atoms with E-state index in [4.69, 9.17) is 10.2 Å². The fourth-order valence-corrected chi connectivity index (χ4v) is 0.845. The second kappa shape index (κ2) is 3.36. The molecule has 1 aromatic heterocycles. The van der Waals surface area contributed by atoms with E-state index >= 15 is 0 Å². The summed E-state index contributed by atoms with van der Waals surface area (Å²) in [7, 11) is 0. The normalized spacial score (nSPS) is 12.8. The molecule has 1 rings (SSSR count). The first kappa shape index (κ1) is 8.73. The van der Waals surface area contributed by atoms with Gasteiger partial charge in [-0.3, -0.25) is 4.68 Å². The third-order valence-electron chi connectivity index (χ3n) is 1.33. The van der Waals surface area contributed by atoms with Gasteiger partial charge in [-0.05, 0) is 6.92 Å². The van der Waals surface area contributed by atoms with Crippen LogP contribution in [0.2, 0.25) is 0 Å². The molecule has 1 heterocycles. The minimum absolute atomic E-state index is 0.135. The van der Waals surface area contributed by atoms with E-state index in [1.807, 2.05) is 0 Å². The molecule has 0 fully saturated rings. The van der Waals surface area contributed by atoms with E-state index in [9.17, 15) is 4.79 Å². The van der Waals surface area contributed by atoms with E-state index < -0.39 is 12.1 Å². The fourth-order valence-electron chi connectivity index (χ4n) is 0.845. The maximum absolute atomic E-state index is 10.4. The van der Waals surface area contributed by atoms with Gasteiger partial charge in [0.05, 0.1) is 24.4 Å². The van der Waals surface area contributed by atoms with Gasteiger partial charge in [0.2, 0.25) is 0 Å². The lowest BCUT2D eigenvalue weighted by atomic mass is 10.4. The van der Waals surface area contributed by atoms with Gasteiger partial charge in [0, 0.05) is 6.20 Å². The van der Waals surface area contributed by atoms with Crippen LogP contribution in [-0.2, 0) is 6.54 Å². The largest absolute Gasteiger partial charge is 0.478 e. The number of rotatable bonds is 3. The molecule has 0 saturated carbocycles. The molecule has 0 aliphatic carbocycles. The SMILES string of the molecule is CC(O)Cn1cc(C(=O)O)cn1. The summed E-state index contributed by atoms with van der Waals surface area (Å²) in [6, 6.07) is 0. The van der Waals surface area contributed by atoms with Crippen LogP contribution >= 0.6 is 0 Å². The van der Waals surface area contributed by atoms with Crippen molar-refractivity contribution < 1.29 is 15.0 Å². The number of aliphatic hydroxyl groups is 1. The van der Waals surface area contributed by atoms with E-state index in [-0.39, 0.29) is 5.56 Å².